The number of hydrogen-bond donors (Lipinski definition) is 2. The van der Waals surface area contributed by atoms with Crippen molar-refractivity contribution in [2.45, 2.75) is 50.6 Å². The Kier molecular flexibility index (Phi) is 10.4. The molecule has 1 nitrogen and oxygen atoms in total. The van der Waals surface area contributed by atoms with Gasteiger partial charge in [0.1, 0.15) is 7.85 Å². The maximum Gasteiger partial charge on any atom is 0.105 e. The first-order chi connectivity index (χ1) is 7.10. The molecule has 0 aromatic heterocycles. The molecule has 0 radical (unpaired) electrons. The fourth-order valence-corrected chi connectivity index (χ4v) is 2.37. The van der Waals surface area contributed by atoms with Gasteiger partial charge in [-0.05, 0) is 25.2 Å². The van der Waals surface area contributed by atoms with E-state index in [0.29, 0.717) is 11.2 Å². The van der Waals surface area contributed by atoms with Crippen LogP contribution in [-0.4, -0.2) is 25.6 Å². The van der Waals surface area contributed by atoms with Crippen LogP contribution in [0.4, 0.5) is 0 Å². The third-order valence-corrected chi connectivity index (χ3v) is 3.56. The highest BCUT2D eigenvalue weighted by Crippen LogP contribution is 2.24. The summed E-state index contributed by atoms with van der Waals surface area (Å²) in [6, 6.07) is 0. The summed E-state index contributed by atoms with van der Waals surface area (Å²) in [4.78, 5) is 0. The lowest BCUT2D eigenvalue weighted by atomic mass is 9.77. The Bertz CT molecular complexity index is 147. The Balaban J connectivity index is 3.52. The standard InChI is InChI=1S/C11H25BOS2/c1-3-11(15)7-9(2)6-10(12)4-5-13-8-14/h9-11,14-15H,3-8,12H2,1-2H3/t9?,10-,11?/m0/s1. The van der Waals surface area contributed by atoms with E-state index < -0.39 is 0 Å². The van der Waals surface area contributed by atoms with Crippen LogP contribution < -0.4 is 0 Å². The van der Waals surface area contributed by atoms with E-state index in [4.69, 9.17) is 4.74 Å². The Hall–Kier alpha value is 0.725. The Morgan fingerprint density at radius 1 is 1.33 bits per heavy atom. The summed E-state index contributed by atoms with van der Waals surface area (Å²) in [6.07, 6.45) is 4.84. The lowest BCUT2D eigenvalue weighted by molar-refractivity contribution is 0.176. The highest BCUT2D eigenvalue weighted by Gasteiger charge is 2.11. The minimum Gasteiger partial charge on any atom is -0.371 e. The smallest absolute Gasteiger partial charge is 0.105 e. The summed E-state index contributed by atoms with van der Waals surface area (Å²) >= 11 is 8.56. The van der Waals surface area contributed by atoms with Crippen LogP contribution in [0.1, 0.15) is 39.5 Å². The molecular weight excluding hydrogens is 223 g/mol. The maximum atomic E-state index is 5.24. The zero-order valence-corrected chi connectivity index (χ0v) is 12.1. The third-order valence-electron chi connectivity index (χ3n) is 2.80. The van der Waals surface area contributed by atoms with Gasteiger partial charge in [0, 0.05) is 11.9 Å². The molecule has 0 aromatic rings. The summed E-state index contributed by atoms with van der Waals surface area (Å²) in [5, 5.41) is 0.570. The van der Waals surface area contributed by atoms with Crippen molar-refractivity contribution >= 4 is 33.1 Å². The van der Waals surface area contributed by atoms with Gasteiger partial charge in [-0.2, -0.15) is 25.3 Å². The number of ether oxygens (including phenoxy) is 1. The molecule has 0 aromatic carbocycles. The minimum atomic E-state index is 0.539. The van der Waals surface area contributed by atoms with Gasteiger partial charge >= 0.3 is 0 Å². The Morgan fingerprint density at radius 3 is 2.53 bits per heavy atom. The molecule has 0 N–H and O–H groups in total. The highest BCUT2D eigenvalue weighted by atomic mass is 32.1. The Labute approximate surface area is 107 Å². The fraction of sp³-hybridized carbons (Fsp3) is 1.00. The molecule has 0 aliphatic rings. The molecule has 0 rings (SSSR count). The normalized spacial score (nSPS) is 17.3. The molecule has 90 valence electrons. The Morgan fingerprint density at radius 2 is 2.00 bits per heavy atom. The van der Waals surface area contributed by atoms with E-state index >= 15 is 0 Å². The van der Waals surface area contributed by atoms with Crippen LogP contribution in [0.25, 0.3) is 0 Å². The molecule has 0 saturated carbocycles. The van der Waals surface area contributed by atoms with Crippen molar-refractivity contribution in [3.05, 3.63) is 0 Å². The van der Waals surface area contributed by atoms with E-state index in [2.05, 4.69) is 47.0 Å². The van der Waals surface area contributed by atoms with Crippen LogP contribution in [0.2, 0.25) is 5.82 Å². The van der Waals surface area contributed by atoms with Crippen molar-refractivity contribution in [2.75, 3.05) is 12.5 Å². The van der Waals surface area contributed by atoms with E-state index in [1.54, 1.807) is 0 Å². The van der Waals surface area contributed by atoms with E-state index in [-0.39, 0.29) is 0 Å². The molecule has 15 heavy (non-hydrogen) atoms. The van der Waals surface area contributed by atoms with Gasteiger partial charge in [-0.3, -0.25) is 0 Å². The predicted octanol–water partition coefficient (Wildman–Crippen LogP) is 2.83. The SMILES string of the molecule is B[C@@H](CCOCS)CC(C)CC(S)CC. The average Bonchev–Trinajstić information content (AvgIpc) is 2.17. The van der Waals surface area contributed by atoms with Crippen molar-refractivity contribution in [3.8, 4) is 0 Å². The van der Waals surface area contributed by atoms with Crippen molar-refractivity contribution < 1.29 is 4.74 Å². The summed E-state index contributed by atoms with van der Waals surface area (Å²) in [6.45, 7) is 5.37. The first-order valence-corrected chi connectivity index (χ1v) is 7.11. The molecule has 0 spiro atoms. The zero-order chi connectivity index (χ0) is 11.7. The van der Waals surface area contributed by atoms with E-state index in [1.165, 1.54) is 19.3 Å². The molecule has 0 saturated heterocycles. The molecule has 0 aliphatic carbocycles. The van der Waals surface area contributed by atoms with Crippen LogP contribution in [0.3, 0.4) is 0 Å². The quantitative estimate of drug-likeness (QED) is 0.276. The van der Waals surface area contributed by atoms with Crippen LogP contribution in [0.15, 0.2) is 0 Å². The van der Waals surface area contributed by atoms with Gasteiger partial charge in [0.05, 0.1) is 5.94 Å². The van der Waals surface area contributed by atoms with Crippen molar-refractivity contribution in [2.24, 2.45) is 5.92 Å². The van der Waals surface area contributed by atoms with Gasteiger partial charge in [0.15, 0.2) is 0 Å². The molecule has 0 amide bonds. The van der Waals surface area contributed by atoms with Gasteiger partial charge in [0.2, 0.25) is 0 Å². The van der Waals surface area contributed by atoms with Crippen LogP contribution in [-0.2, 0) is 4.74 Å². The van der Waals surface area contributed by atoms with E-state index in [9.17, 15) is 0 Å². The van der Waals surface area contributed by atoms with E-state index in [1.807, 2.05) is 0 Å². The summed E-state index contributed by atoms with van der Waals surface area (Å²) < 4.78 is 5.24. The molecule has 0 heterocycles. The lowest BCUT2D eigenvalue weighted by Gasteiger charge is -2.19. The molecule has 2 unspecified atom stereocenters. The summed E-state index contributed by atoms with van der Waals surface area (Å²) in [7, 11) is 2.30. The first-order valence-electron chi connectivity index (χ1n) is 5.96. The van der Waals surface area contributed by atoms with Gasteiger partial charge in [0.25, 0.3) is 0 Å². The topological polar surface area (TPSA) is 9.23 Å². The molecular formula is C11H25BOS2. The fourth-order valence-electron chi connectivity index (χ4n) is 1.88. The second kappa shape index (κ2) is 9.92. The first kappa shape index (κ1) is 15.7. The number of thiol groups is 2. The van der Waals surface area contributed by atoms with Crippen LogP contribution in [0, 0.1) is 5.92 Å². The zero-order valence-electron chi connectivity index (χ0n) is 10.3. The van der Waals surface area contributed by atoms with Gasteiger partial charge in [-0.15, -0.1) is 0 Å². The van der Waals surface area contributed by atoms with E-state index in [0.717, 1.165) is 24.8 Å². The van der Waals surface area contributed by atoms with Crippen LogP contribution in [0.5, 0.6) is 0 Å². The maximum absolute atomic E-state index is 5.24. The van der Waals surface area contributed by atoms with Gasteiger partial charge in [-0.1, -0.05) is 26.1 Å². The van der Waals surface area contributed by atoms with Gasteiger partial charge < -0.3 is 4.74 Å². The second-order valence-electron chi connectivity index (χ2n) is 4.57. The minimum absolute atomic E-state index is 0.539. The monoisotopic (exact) mass is 248 g/mol. The van der Waals surface area contributed by atoms with Crippen molar-refractivity contribution in [1.29, 1.82) is 0 Å². The molecule has 4 heteroatoms. The lowest BCUT2D eigenvalue weighted by Crippen LogP contribution is -2.09. The molecule has 0 bridgehead atoms. The van der Waals surface area contributed by atoms with Crippen molar-refractivity contribution in [1.82, 2.24) is 0 Å². The molecule has 0 fully saturated rings. The second-order valence-corrected chi connectivity index (χ2v) is 5.56. The number of rotatable bonds is 9. The largest absolute Gasteiger partial charge is 0.371 e. The summed E-state index contributed by atoms with van der Waals surface area (Å²) in [5.74, 6) is 2.06. The van der Waals surface area contributed by atoms with Crippen LogP contribution >= 0.6 is 25.3 Å². The summed E-state index contributed by atoms with van der Waals surface area (Å²) in [5.41, 5.74) is 0. The highest BCUT2D eigenvalue weighted by molar-refractivity contribution is 7.81. The third kappa shape index (κ3) is 9.64. The predicted molar refractivity (Wildman–Crippen MR) is 78.2 cm³/mol. The average molecular weight is 248 g/mol. The molecule has 3 atom stereocenters. The van der Waals surface area contributed by atoms with Gasteiger partial charge in [-0.25, -0.2) is 0 Å². The number of hydrogen-bond acceptors (Lipinski definition) is 3. The molecule has 0 aliphatic heterocycles. The van der Waals surface area contributed by atoms with Crippen molar-refractivity contribution in [3.63, 3.8) is 0 Å².